The summed E-state index contributed by atoms with van der Waals surface area (Å²) < 4.78 is 32.3. The van der Waals surface area contributed by atoms with E-state index >= 15 is 0 Å². The van der Waals surface area contributed by atoms with Crippen molar-refractivity contribution < 1.29 is 33.1 Å². The van der Waals surface area contributed by atoms with Crippen LogP contribution in [0, 0.1) is 5.92 Å². The van der Waals surface area contributed by atoms with Gasteiger partial charge in [-0.3, -0.25) is 10.0 Å². The molecule has 0 radical (unpaired) electrons. The van der Waals surface area contributed by atoms with Gasteiger partial charge in [0.2, 0.25) is 10.0 Å². The van der Waals surface area contributed by atoms with Crippen LogP contribution in [0.4, 0.5) is 0 Å². The zero-order valence-corrected chi connectivity index (χ0v) is 15.6. The number of benzene rings is 1. The molecule has 1 saturated heterocycles. The molecule has 1 aliphatic rings. The van der Waals surface area contributed by atoms with Crippen molar-refractivity contribution in [1.82, 2.24) is 9.79 Å². The van der Waals surface area contributed by atoms with Gasteiger partial charge in [-0.25, -0.2) is 18.7 Å². The van der Waals surface area contributed by atoms with E-state index in [1.54, 1.807) is 0 Å². The molecule has 148 valence electrons. The lowest BCUT2D eigenvalue weighted by atomic mass is 9.94. The average Bonchev–Trinajstić information content (AvgIpc) is 2.88. The lowest BCUT2D eigenvalue weighted by molar-refractivity contribution is -0.134. The van der Waals surface area contributed by atoms with Crippen molar-refractivity contribution in [3.63, 3.8) is 0 Å². The van der Waals surface area contributed by atoms with Gasteiger partial charge in [0.1, 0.15) is 11.8 Å². The van der Waals surface area contributed by atoms with E-state index < -0.39 is 33.9 Å². The highest BCUT2D eigenvalue weighted by atomic mass is 32.2. The van der Waals surface area contributed by atoms with Gasteiger partial charge in [-0.1, -0.05) is 12.5 Å². The molecule has 9 nitrogen and oxygen atoms in total. The van der Waals surface area contributed by atoms with Crippen LogP contribution in [-0.4, -0.2) is 54.6 Å². The molecular weight excluding hydrogens is 376 g/mol. The Morgan fingerprint density at radius 2 is 1.93 bits per heavy atom. The van der Waals surface area contributed by atoms with Gasteiger partial charge in [0.25, 0.3) is 5.91 Å². The van der Waals surface area contributed by atoms with Crippen molar-refractivity contribution in [2.45, 2.75) is 30.2 Å². The minimum Gasteiger partial charge on any atom is -0.497 e. The zero-order valence-electron chi connectivity index (χ0n) is 14.7. The second kappa shape index (κ2) is 8.98. The Bertz CT molecular complexity index is 805. The van der Waals surface area contributed by atoms with E-state index in [2.05, 4.69) is 0 Å². The number of ether oxygens (including phenoxy) is 1. The number of hydrogen-bond donors (Lipinski definition) is 3. The van der Waals surface area contributed by atoms with Crippen molar-refractivity contribution in [2.75, 3.05) is 13.7 Å². The highest BCUT2D eigenvalue weighted by Crippen LogP contribution is 2.30. The number of nitrogens with zero attached hydrogens (tertiary/aromatic N) is 1. The number of sulfonamides is 1. The smallest absolute Gasteiger partial charge is 0.327 e. The number of carbonyl (C=O) groups is 2. The molecule has 1 aromatic carbocycles. The van der Waals surface area contributed by atoms with Crippen molar-refractivity contribution in [3.8, 4) is 5.75 Å². The molecule has 0 saturated carbocycles. The molecule has 3 N–H and O–H groups in total. The second-order valence-electron chi connectivity index (χ2n) is 6.07. The number of carboxylic acid groups (broad SMARTS) is 1. The monoisotopic (exact) mass is 398 g/mol. The minimum atomic E-state index is -4.06. The summed E-state index contributed by atoms with van der Waals surface area (Å²) in [6, 6.07) is 4.46. The Balaban J connectivity index is 2.47. The van der Waals surface area contributed by atoms with E-state index in [9.17, 15) is 18.0 Å². The number of rotatable bonds is 6. The van der Waals surface area contributed by atoms with E-state index in [1.165, 1.54) is 42.9 Å². The largest absolute Gasteiger partial charge is 0.497 e. The van der Waals surface area contributed by atoms with Gasteiger partial charge in [-0.15, -0.1) is 0 Å². The van der Waals surface area contributed by atoms with Gasteiger partial charge in [-0.05, 0) is 37.1 Å². The number of hydroxylamine groups is 1. The minimum absolute atomic E-state index is 0.0260. The molecule has 0 aromatic heterocycles. The maximum absolute atomic E-state index is 13.1. The molecular formula is C17H22N2O7S. The van der Waals surface area contributed by atoms with Crippen LogP contribution >= 0.6 is 0 Å². The van der Waals surface area contributed by atoms with Crippen molar-refractivity contribution in [1.29, 1.82) is 0 Å². The van der Waals surface area contributed by atoms with Gasteiger partial charge in [0.15, 0.2) is 0 Å². The van der Waals surface area contributed by atoms with Gasteiger partial charge >= 0.3 is 5.97 Å². The number of hydrogen-bond acceptors (Lipinski definition) is 6. The standard InChI is InChI=1S/C17H22N2O7S/c1-26-13-6-8-14(9-7-13)27(24,25)19-11-3-2-4-12(5-10-15(20)21)16(19)17(22)18-23/h5-10,12,16,23H,2-4,11H2,1H3,(H,18,22)(H,20,21). The molecule has 0 bridgehead atoms. The topological polar surface area (TPSA) is 133 Å². The fraction of sp³-hybridized carbons (Fsp3) is 0.412. The summed E-state index contributed by atoms with van der Waals surface area (Å²) in [5, 5.41) is 18.0. The van der Waals surface area contributed by atoms with Gasteiger partial charge in [0.05, 0.1) is 12.0 Å². The first kappa shape index (κ1) is 20.9. The molecule has 1 aliphatic heterocycles. The van der Waals surface area contributed by atoms with E-state index in [0.29, 0.717) is 25.0 Å². The van der Waals surface area contributed by atoms with Crippen LogP contribution in [0.25, 0.3) is 0 Å². The highest BCUT2D eigenvalue weighted by molar-refractivity contribution is 7.89. The van der Waals surface area contributed by atoms with Crippen molar-refractivity contribution in [2.24, 2.45) is 5.92 Å². The summed E-state index contributed by atoms with van der Waals surface area (Å²) in [6.45, 7) is 0.0733. The molecule has 0 spiro atoms. The number of carboxylic acids is 1. The van der Waals surface area contributed by atoms with Crippen molar-refractivity contribution in [3.05, 3.63) is 36.4 Å². The summed E-state index contributed by atoms with van der Waals surface area (Å²) in [6.07, 6.45) is 3.70. The zero-order chi connectivity index (χ0) is 20.0. The Hall–Kier alpha value is -2.43. The highest BCUT2D eigenvalue weighted by Gasteiger charge is 2.41. The number of methoxy groups -OCH3 is 1. The summed E-state index contributed by atoms with van der Waals surface area (Å²) >= 11 is 0. The van der Waals surface area contributed by atoms with Crippen LogP contribution < -0.4 is 10.2 Å². The van der Waals surface area contributed by atoms with Gasteiger partial charge in [-0.2, -0.15) is 4.31 Å². The predicted molar refractivity (Wildman–Crippen MR) is 94.7 cm³/mol. The maximum Gasteiger partial charge on any atom is 0.327 e. The lowest BCUT2D eigenvalue weighted by Gasteiger charge is -2.31. The molecule has 1 aromatic rings. The van der Waals surface area contributed by atoms with E-state index in [0.717, 1.165) is 10.4 Å². The first-order valence-electron chi connectivity index (χ1n) is 8.32. The Morgan fingerprint density at radius 3 is 2.48 bits per heavy atom. The number of aliphatic carboxylic acids is 1. The van der Waals surface area contributed by atoms with Crippen LogP contribution in [0.3, 0.4) is 0 Å². The summed E-state index contributed by atoms with van der Waals surface area (Å²) in [4.78, 5) is 23.1. The Labute approximate surface area is 157 Å². The molecule has 2 atom stereocenters. The van der Waals surface area contributed by atoms with Crippen molar-refractivity contribution >= 4 is 21.9 Å². The fourth-order valence-electron chi connectivity index (χ4n) is 3.11. The van der Waals surface area contributed by atoms with E-state index in [4.69, 9.17) is 15.1 Å². The van der Waals surface area contributed by atoms with Crippen LogP contribution in [0.5, 0.6) is 5.75 Å². The molecule has 2 rings (SSSR count). The number of nitrogens with one attached hydrogen (secondary N) is 1. The second-order valence-corrected chi connectivity index (χ2v) is 7.96. The molecule has 1 amide bonds. The average molecular weight is 398 g/mol. The summed E-state index contributed by atoms with van der Waals surface area (Å²) in [7, 11) is -2.60. The SMILES string of the molecule is COc1ccc(S(=O)(=O)N2CCCCC(C=CC(=O)O)C2C(=O)NO)cc1. The number of amides is 1. The van der Waals surface area contributed by atoms with Gasteiger partial charge < -0.3 is 9.84 Å². The quantitative estimate of drug-likeness (QED) is 0.370. The van der Waals surface area contributed by atoms with Crippen LogP contribution in [0.2, 0.25) is 0 Å². The molecule has 0 aliphatic carbocycles. The predicted octanol–water partition coefficient (Wildman–Crippen LogP) is 1.00. The van der Waals surface area contributed by atoms with Crippen LogP contribution in [0.1, 0.15) is 19.3 Å². The molecule has 10 heteroatoms. The summed E-state index contributed by atoms with van der Waals surface area (Å²) in [5.74, 6) is -2.32. The third kappa shape index (κ3) is 4.85. The first-order valence-corrected chi connectivity index (χ1v) is 9.76. The lowest BCUT2D eigenvalue weighted by Crippen LogP contribution is -2.51. The van der Waals surface area contributed by atoms with E-state index in [1.807, 2.05) is 0 Å². The normalized spacial score (nSPS) is 21.6. The number of carbonyl (C=O) groups excluding carboxylic acids is 1. The maximum atomic E-state index is 13.1. The molecule has 1 heterocycles. The van der Waals surface area contributed by atoms with Gasteiger partial charge in [0, 0.05) is 18.5 Å². The summed E-state index contributed by atoms with van der Waals surface area (Å²) in [5.41, 5.74) is 1.51. The molecule has 1 fully saturated rings. The molecule has 27 heavy (non-hydrogen) atoms. The third-order valence-electron chi connectivity index (χ3n) is 4.41. The first-order chi connectivity index (χ1) is 12.8. The molecule has 2 unspecified atom stereocenters. The Kier molecular flexibility index (Phi) is 6.94. The Morgan fingerprint density at radius 1 is 1.26 bits per heavy atom. The third-order valence-corrected chi connectivity index (χ3v) is 6.31. The van der Waals surface area contributed by atoms with Crippen LogP contribution in [0.15, 0.2) is 41.3 Å². The van der Waals surface area contributed by atoms with Crippen LogP contribution in [-0.2, 0) is 19.6 Å². The van der Waals surface area contributed by atoms with E-state index in [-0.39, 0.29) is 11.4 Å². The fourth-order valence-corrected chi connectivity index (χ4v) is 4.78.